The van der Waals surface area contributed by atoms with Crippen molar-refractivity contribution in [3.05, 3.63) is 53.1 Å². The summed E-state index contributed by atoms with van der Waals surface area (Å²) >= 11 is 6.17. The minimum Gasteiger partial charge on any atom is -0.326 e. The van der Waals surface area contributed by atoms with E-state index in [1.165, 1.54) is 23.4 Å². The van der Waals surface area contributed by atoms with Crippen molar-refractivity contribution in [1.82, 2.24) is 4.31 Å². The molecule has 1 heterocycles. The number of nitrogens with one attached hydrogen (secondary N) is 2. The number of nitrogens with zero attached hydrogens (tertiary/aromatic N) is 1. The number of carbonyl (C=O) groups is 2. The van der Waals surface area contributed by atoms with Crippen LogP contribution in [0.3, 0.4) is 0 Å². The van der Waals surface area contributed by atoms with E-state index in [2.05, 4.69) is 10.6 Å². The molecular formula is C21H24ClN3O4S. The molecule has 0 bridgehead atoms. The van der Waals surface area contributed by atoms with Gasteiger partial charge in [-0.2, -0.15) is 4.31 Å². The van der Waals surface area contributed by atoms with Gasteiger partial charge in [-0.15, -0.1) is 0 Å². The maximum atomic E-state index is 12.9. The van der Waals surface area contributed by atoms with Crippen LogP contribution < -0.4 is 10.6 Å². The van der Waals surface area contributed by atoms with Crippen molar-refractivity contribution in [2.45, 2.75) is 37.5 Å². The van der Waals surface area contributed by atoms with Crippen LogP contribution in [0.2, 0.25) is 5.02 Å². The van der Waals surface area contributed by atoms with Crippen molar-refractivity contribution in [1.29, 1.82) is 0 Å². The number of amides is 2. The second-order valence-electron chi connectivity index (χ2n) is 7.21. The first kappa shape index (κ1) is 22.3. The predicted octanol–water partition coefficient (Wildman–Crippen LogP) is 3.65. The second-order valence-corrected chi connectivity index (χ2v) is 9.53. The summed E-state index contributed by atoms with van der Waals surface area (Å²) in [6.07, 6.45) is 2.78. The molecule has 2 N–H and O–H groups in total. The molecule has 1 saturated heterocycles. The number of piperidine rings is 1. The Bertz CT molecular complexity index is 1030. The molecule has 30 heavy (non-hydrogen) atoms. The van der Waals surface area contributed by atoms with Crippen LogP contribution in [0.15, 0.2) is 47.4 Å². The average Bonchev–Trinajstić information content (AvgIpc) is 2.71. The van der Waals surface area contributed by atoms with Crippen LogP contribution in [-0.4, -0.2) is 37.6 Å². The predicted molar refractivity (Wildman–Crippen MR) is 117 cm³/mol. The topological polar surface area (TPSA) is 95.6 Å². The highest BCUT2D eigenvalue weighted by Gasteiger charge is 2.28. The Morgan fingerprint density at radius 3 is 2.23 bits per heavy atom. The molecule has 0 unspecified atom stereocenters. The summed E-state index contributed by atoms with van der Waals surface area (Å²) in [5.74, 6) is -0.454. The van der Waals surface area contributed by atoms with Crippen LogP contribution in [0.25, 0.3) is 0 Å². The zero-order valence-corrected chi connectivity index (χ0v) is 18.2. The minimum atomic E-state index is -3.71. The van der Waals surface area contributed by atoms with E-state index in [9.17, 15) is 18.0 Å². The van der Waals surface area contributed by atoms with Crippen LogP contribution in [0.1, 0.15) is 31.7 Å². The number of carbonyl (C=O) groups excluding carboxylic acids is 2. The zero-order valence-electron chi connectivity index (χ0n) is 16.7. The van der Waals surface area contributed by atoms with Gasteiger partial charge in [0.2, 0.25) is 21.8 Å². The fraction of sp³-hybridized carbons (Fsp3) is 0.333. The zero-order chi connectivity index (χ0) is 21.7. The van der Waals surface area contributed by atoms with E-state index in [1.807, 2.05) is 0 Å². The third-order valence-corrected chi connectivity index (χ3v) is 7.17. The van der Waals surface area contributed by atoms with Crippen molar-refractivity contribution in [3.63, 3.8) is 0 Å². The van der Waals surface area contributed by atoms with Gasteiger partial charge in [0.1, 0.15) is 4.90 Å². The number of anilines is 2. The lowest BCUT2D eigenvalue weighted by atomic mass is 10.1. The third kappa shape index (κ3) is 5.59. The Morgan fingerprint density at radius 1 is 0.967 bits per heavy atom. The first-order chi connectivity index (χ1) is 14.3. The molecular weight excluding hydrogens is 426 g/mol. The highest BCUT2D eigenvalue weighted by Crippen LogP contribution is 2.29. The van der Waals surface area contributed by atoms with Crippen molar-refractivity contribution < 1.29 is 18.0 Å². The van der Waals surface area contributed by atoms with E-state index in [4.69, 9.17) is 11.6 Å². The van der Waals surface area contributed by atoms with Gasteiger partial charge in [-0.3, -0.25) is 9.59 Å². The van der Waals surface area contributed by atoms with Gasteiger partial charge in [0.05, 0.1) is 11.4 Å². The lowest BCUT2D eigenvalue weighted by molar-refractivity contribution is -0.116. The Hall–Kier alpha value is -2.42. The Balaban J connectivity index is 1.70. The summed E-state index contributed by atoms with van der Waals surface area (Å²) in [5, 5.41) is 5.53. The Labute approximate surface area is 181 Å². The molecule has 1 aliphatic heterocycles. The summed E-state index contributed by atoms with van der Waals surface area (Å²) in [4.78, 5) is 23.5. The molecule has 2 aromatic rings. The van der Waals surface area contributed by atoms with Crippen LogP contribution in [0.4, 0.5) is 11.4 Å². The number of rotatable bonds is 6. The standard InChI is InChI=1S/C21H24ClN3O4S/c1-15(26)23-17-7-5-16(6-8-17)13-21(27)24-18-9-10-19(22)20(14-18)30(28,29)25-11-3-2-4-12-25/h5-10,14H,2-4,11-13H2,1H3,(H,23,26)(H,24,27). The van der Waals surface area contributed by atoms with Crippen molar-refractivity contribution in [2.75, 3.05) is 23.7 Å². The van der Waals surface area contributed by atoms with Crippen molar-refractivity contribution in [2.24, 2.45) is 0 Å². The number of hydrogen-bond donors (Lipinski definition) is 2. The lowest BCUT2D eigenvalue weighted by Crippen LogP contribution is -2.35. The van der Waals surface area contributed by atoms with E-state index in [0.29, 0.717) is 24.5 Å². The lowest BCUT2D eigenvalue weighted by Gasteiger charge is -2.26. The maximum absolute atomic E-state index is 12.9. The van der Waals surface area contributed by atoms with Crippen LogP contribution >= 0.6 is 11.6 Å². The molecule has 0 saturated carbocycles. The van der Waals surface area contributed by atoms with Gasteiger partial charge in [0, 0.05) is 31.4 Å². The van der Waals surface area contributed by atoms with Gasteiger partial charge >= 0.3 is 0 Å². The largest absolute Gasteiger partial charge is 0.326 e. The van der Waals surface area contributed by atoms with E-state index in [-0.39, 0.29) is 28.2 Å². The molecule has 0 aliphatic carbocycles. The summed E-state index contributed by atoms with van der Waals surface area (Å²) < 4.78 is 27.3. The number of benzene rings is 2. The number of halogens is 1. The Morgan fingerprint density at radius 2 is 1.60 bits per heavy atom. The molecule has 1 aliphatic rings. The Kier molecular flexibility index (Phi) is 7.12. The maximum Gasteiger partial charge on any atom is 0.244 e. The molecule has 2 amide bonds. The van der Waals surface area contributed by atoms with Crippen molar-refractivity contribution >= 4 is 44.8 Å². The van der Waals surface area contributed by atoms with Crippen molar-refractivity contribution in [3.8, 4) is 0 Å². The SMILES string of the molecule is CC(=O)Nc1ccc(CC(=O)Nc2ccc(Cl)c(S(=O)(=O)N3CCCCC3)c2)cc1. The van der Waals surface area contributed by atoms with Gasteiger partial charge in [-0.05, 0) is 48.7 Å². The van der Waals surface area contributed by atoms with Gasteiger partial charge in [0.25, 0.3) is 0 Å². The van der Waals surface area contributed by atoms with Gasteiger partial charge in [-0.1, -0.05) is 30.2 Å². The first-order valence-electron chi connectivity index (χ1n) is 9.72. The first-order valence-corrected chi connectivity index (χ1v) is 11.5. The average molecular weight is 450 g/mol. The van der Waals surface area contributed by atoms with Crippen LogP contribution in [-0.2, 0) is 26.0 Å². The molecule has 0 spiro atoms. The summed E-state index contributed by atoms with van der Waals surface area (Å²) in [6, 6.07) is 11.4. The molecule has 9 heteroatoms. The molecule has 3 rings (SSSR count). The molecule has 2 aromatic carbocycles. The van der Waals surface area contributed by atoms with E-state index in [1.54, 1.807) is 30.3 Å². The summed E-state index contributed by atoms with van der Waals surface area (Å²) in [6.45, 7) is 2.38. The fourth-order valence-electron chi connectivity index (χ4n) is 3.32. The molecule has 7 nitrogen and oxygen atoms in total. The number of hydrogen-bond acceptors (Lipinski definition) is 4. The normalized spacial score (nSPS) is 14.9. The highest BCUT2D eigenvalue weighted by molar-refractivity contribution is 7.89. The minimum absolute atomic E-state index is 0.00327. The van der Waals surface area contributed by atoms with Gasteiger partial charge in [0.15, 0.2) is 0 Å². The van der Waals surface area contributed by atoms with Gasteiger partial charge in [-0.25, -0.2) is 8.42 Å². The smallest absolute Gasteiger partial charge is 0.244 e. The monoisotopic (exact) mass is 449 g/mol. The van der Waals surface area contributed by atoms with Crippen LogP contribution in [0.5, 0.6) is 0 Å². The molecule has 0 atom stereocenters. The fourth-order valence-corrected chi connectivity index (χ4v) is 5.34. The van der Waals surface area contributed by atoms with E-state index < -0.39 is 10.0 Å². The molecule has 0 radical (unpaired) electrons. The third-order valence-electron chi connectivity index (χ3n) is 4.79. The summed E-state index contributed by atoms with van der Waals surface area (Å²) in [5.41, 5.74) is 1.78. The van der Waals surface area contributed by atoms with E-state index >= 15 is 0 Å². The number of sulfonamides is 1. The molecule has 160 valence electrons. The van der Waals surface area contributed by atoms with E-state index in [0.717, 1.165) is 24.8 Å². The second kappa shape index (κ2) is 9.59. The summed E-state index contributed by atoms with van der Waals surface area (Å²) in [7, 11) is -3.71. The van der Waals surface area contributed by atoms with Crippen LogP contribution in [0, 0.1) is 0 Å². The quantitative estimate of drug-likeness (QED) is 0.703. The molecule has 0 aromatic heterocycles. The highest BCUT2D eigenvalue weighted by atomic mass is 35.5. The van der Waals surface area contributed by atoms with Gasteiger partial charge < -0.3 is 10.6 Å². The molecule has 1 fully saturated rings.